The van der Waals surface area contributed by atoms with Crippen LogP contribution < -0.4 is 20.1 Å². The van der Waals surface area contributed by atoms with Crippen molar-refractivity contribution in [2.45, 2.75) is 0 Å². The van der Waals surface area contributed by atoms with Crippen molar-refractivity contribution in [3.8, 4) is 11.5 Å². The van der Waals surface area contributed by atoms with E-state index in [1.807, 2.05) is 43.3 Å². The predicted octanol–water partition coefficient (Wildman–Crippen LogP) is 1.27. The molecule has 1 amide bonds. The molecule has 0 saturated carbocycles. The first-order chi connectivity index (χ1) is 12.6. The number of hydrogen-bond acceptors (Lipinski definition) is 7. The van der Waals surface area contributed by atoms with Gasteiger partial charge in [0.1, 0.15) is 23.9 Å². The molecule has 0 radical (unpaired) electrons. The molecular formula is C18H25N5O3. The molecule has 0 bridgehead atoms. The first-order valence-corrected chi connectivity index (χ1v) is 8.36. The second-order valence-corrected chi connectivity index (χ2v) is 5.81. The van der Waals surface area contributed by atoms with Crippen LogP contribution in [0.15, 0.2) is 36.4 Å². The van der Waals surface area contributed by atoms with Crippen molar-refractivity contribution in [1.82, 2.24) is 20.4 Å². The van der Waals surface area contributed by atoms with Crippen LogP contribution in [0.25, 0.3) is 0 Å². The molecule has 2 rings (SSSR count). The van der Waals surface area contributed by atoms with Crippen LogP contribution in [0.4, 0.5) is 5.82 Å². The molecule has 1 heterocycles. The van der Waals surface area contributed by atoms with Gasteiger partial charge in [-0.15, -0.1) is 10.2 Å². The lowest BCUT2D eigenvalue weighted by Gasteiger charge is -2.10. The van der Waals surface area contributed by atoms with E-state index in [0.29, 0.717) is 31.2 Å². The Bertz CT molecular complexity index is 674. The Morgan fingerprint density at radius 3 is 2.38 bits per heavy atom. The van der Waals surface area contributed by atoms with Gasteiger partial charge in [0, 0.05) is 13.1 Å². The Hall–Kier alpha value is -2.87. The van der Waals surface area contributed by atoms with Gasteiger partial charge in [0.2, 0.25) is 0 Å². The molecule has 0 aliphatic carbocycles. The maximum absolute atomic E-state index is 11.9. The van der Waals surface area contributed by atoms with Crippen LogP contribution in [-0.2, 0) is 0 Å². The first-order valence-electron chi connectivity index (χ1n) is 8.36. The van der Waals surface area contributed by atoms with Gasteiger partial charge in [-0.3, -0.25) is 4.79 Å². The molecule has 0 fully saturated rings. The number of rotatable bonds is 10. The van der Waals surface area contributed by atoms with E-state index in [4.69, 9.17) is 9.47 Å². The number of nitrogens with zero attached hydrogens (tertiary/aromatic N) is 3. The number of carbonyl (C=O) groups excluding carboxylic acids is 1. The van der Waals surface area contributed by atoms with Gasteiger partial charge in [-0.2, -0.15) is 0 Å². The molecule has 26 heavy (non-hydrogen) atoms. The number of ether oxygens (including phenoxy) is 2. The minimum atomic E-state index is -0.228. The summed E-state index contributed by atoms with van der Waals surface area (Å²) in [4.78, 5) is 13.9. The zero-order chi connectivity index (χ0) is 18.8. The third-order valence-electron chi connectivity index (χ3n) is 3.48. The van der Waals surface area contributed by atoms with E-state index < -0.39 is 0 Å². The van der Waals surface area contributed by atoms with Crippen molar-refractivity contribution in [3.63, 3.8) is 0 Å². The highest BCUT2D eigenvalue weighted by atomic mass is 16.5. The quantitative estimate of drug-likeness (QED) is 0.618. The predicted molar refractivity (Wildman–Crippen MR) is 99.9 cm³/mol. The van der Waals surface area contributed by atoms with Crippen LogP contribution in [0.1, 0.15) is 10.5 Å². The van der Waals surface area contributed by atoms with Crippen molar-refractivity contribution >= 4 is 11.7 Å². The number of nitrogens with one attached hydrogen (secondary N) is 2. The van der Waals surface area contributed by atoms with Crippen molar-refractivity contribution in [1.29, 1.82) is 0 Å². The van der Waals surface area contributed by atoms with Crippen molar-refractivity contribution < 1.29 is 14.3 Å². The molecule has 0 unspecified atom stereocenters. The van der Waals surface area contributed by atoms with E-state index in [1.54, 1.807) is 19.2 Å². The summed E-state index contributed by atoms with van der Waals surface area (Å²) in [6, 6.07) is 10.8. The third-order valence-corrected chi connectivity index (χ3v) is 3.48. The van der Waals surface area contributed by atoms with Crippen LogP contribution in [0.2, 0.25) is 0 Å². The maximum atomic E-state index is 11.9. The molecule has 2 N–H and O–H groups in total. The van der Waals surface area contributed by atoms with E-state index in [-0.39, 0.29) is 5.91 Å². The van der Waals surface area contributed by atoms with Crippen LogP contribution >= 0.6 is 0 Å². The summed E-state index contributed by atoms with van der Waals surface area (Å²) >= 11 is 0. The fourth-order valence-electron chi connectivity index (χ4n) is 2.05. The second kappa shape index (κ2) is 10.2. The Morgan fingerprint density at radius 2 is 1.77 bits per heavy atom. The SMILES string of the molecule is COc1ccc(OCCNc2ccc(C(=O)NCCN(C)C)nn2)cc1. The van der Waals surface area contributed by atoms with Crippen molar-refractivity contribution in [3.05, 3.63) is 42.1 Å². The Balaban J connectivity index is 1.70. The van der Waals surface area contributed by atoms with E-state index >= 15 is 0 Å². The average molecular weight is 359 g/mol. The van der Waals surface area contributed by atoms with E-state index in [0.717, 1.165) is 18.0 Å². The summed E-state index contributed by atoms with van der Waals surface area (Å²) < 4.78 is 10.7. The van der Waals surface area contributed by atoms with Gasteiger partial charge >= 0.3 is 0 Å². The summed E-state index contributed by atoms with van der Waals surface area (Å²) in [7, 11) is 5.52. The highest BCUT2D eigenvalue weighted by Gasteiger charge is 2.07. The number of methoxy groups -OCH3 is 1. The number of benzene rings is 1. The molecule has 1 aromatic carbocycles. The third kappa shape index (κ3) is 6.56. The number of amides is 1. The van der Waals surface area contributed by atoms with Gasteiger partial charge in [-0.25, -0.2) is 0 Å². The number of carbonyl (C=O) groups is 1. The van der Waals surface area contributed by atoms with E-state index in [9.17, 15) is 4.79 Å². The van der Waals surface area contributed by atoms with Gasteiger partial charge in [-0.1, -0.05) is 0 Å². The summed E-state index contributed by atoms with van der Waals surface area (Å²) in [5.41, 5.74) is 0.295. The fourth-order valence-corrected chi connectivity index (χ4v) is 2.05. The summed E-state index contributed by atoms with van der Waals surface area (Å²) in [5, 5.41) is 13.8. The van der Waals surface area contributed by atoms with Gasteiger partial charge in [-0.05, 0) is 50.5 Å². The molecule has 0 spiro atoms. The van der Waals surface area contributed by atoms with E-state index in [2.05, 4.69) is 20.8 Å². The number of likely N-dealkylation sites (N-methyl/N-ethyl adjacent to an activating group) is 1. The Morgan fingerprint density at radius 1 is 1.04 bits per heavy atom. The molecule has 0 saturated heterocycles. The summed E-state index contributed by atoms with van der Waals surface area (Å²) in [6.07, 6.45) is 0. The van der Waals surface area contributed by atoms with Crippen LogP contribution in [0.5, 0.6) is 11.5 Å². The van der Waals surface area contributed by atoms with Gasteiger partial charge < -0.3 is 25.0 Å². The zero-order valence-corrected chi connectivity index (χ0v) is 15.4. The number of aromatic nitrogens is 2. The minimum absolute atomic E-state index is 0.228. The lowest BCUT2D eigenvalue weighted by Crippen LogP contribution is -2.31. The smallest absolute Gasteiger partial charge is 0.271 e. The second-order valence-electron chi connectivity index (χ2n) is 5.81. The minimum Gasteiger partial charge on any atom is -0.497 e. The fraction of sp³-hybridized carbons (Fsp3) is 0.389. The topological polar surface area (TPSA) is 88.6 Å². The standard InChI is InChI=1S/C18H25N5O3/c1-23(2)12-10-20-18(24)16-8-9-17(22-21-16)19-11-13-26-15-6-4-14(25-3)5-7-15/h4-9H,10-13H2,1-3H3,(H,19,22)(H,20,24). The van der Waals surface area contributed by atoms with E-state index in [1.165, 1.54) is 0 Å². The molecular weight excluding hydrogens is 334 g/mol. The molecule has 0 aliphatic heterocycles. The molecule has 0 aliphatic rings. The monoisotopic (exact) mass is 359 g/mol. The lowest BCUT2D eigenvalue weighted by atomic mass is 10.3. The normalized spacial score (nSPS) is 10.5. The first kappa shape index (κ1) is 19.5. The van der Waals surface area contributed by atoms with Gasteiger partial charge in [0.25, 0.3) is 5.91 Å². The van der Waals surface area contributed by atoms with Gasteiger partial charge in [0.05, 0.1) is 13.7 Å². The highest BCUT2D eigenvalue weighted by Crippen LogP contribution is 2.16. The summed E-state index contributed by atoms with van der Waals surface area (Å²) in [6.45, 7) is 2.37. The van der Waals surface area contributed by atoms with Crippen molar-refractivity contribution in [2.75, 3.05) is 52.8 Å². The molecule has 0 atom stereocenters. The molecule has 2 aromatic rings. The largest absolute Gasteiger partial charge is 0.497 e. The van der Waals surface area contributed by atoms with Crippen LogP contribution in [-0.4, -0.2) is 68.5 Å². The highest BCUT2D eigenvalue weighted by molar-refractivity contribution is 5.92. The van der Waals surface area contributed by atoms with Crippen LogP contribution in [0.3, 0.4) is 0 Å². The number of anilines is 1. The number of hydrogen-bond donors (Lipinski definition) is 2. The Kier molecular flexibility index (Phi) is 7.63. The molecule has 8 nitrogen and oxygen atoms in total. The molecule has 8 heteroatoms. The maximum Gasteiger partial charge on any atom is 0.271 e. The average Bonchev–Trinajstić information content (AvgIpc) is 2.66. The van der Waals surface area contributed by atoms with Gasteiger partial charge in [0.15, 0.2) is 5.69 Å². The van der Waals surface area contributed by atoms with Crippen molar-refractivity contribution in [2.24, 2.45) is 0 Å². The molecule has 140 valence electrons. The van der Waals surface area contributed by atoms with Crippen LogP contribution in [0, 0.1) is 0 Å². The Labute approximate surface area is 153 Å². The summed E-state index contributed by atoms with van der Waals surface area (Å²) in [5.74, 6) is 1.92. The zero-order valence-electron chi connectivity index (χ0n) is 15.4. The molecule has 1 aromatic heterocycles. The lowest BCUT2D eigenvalue weighted by molar-refractivity contribution is 0.0945.